The van der Waals surface area contributed by atoms with Crippen molar-refractivity contribution in [1.82, 2.24) is 15.5 Å². The molecule has 1 aliphatic heterocycles. The minimum absolute atomic E-state index is 0.00797. The minimum atomic E-state index is -0.634. The monoisotopic (exact) mass is 435 g/mol. The summed E-state index contributed by atoms with van der Waals surface area (Å²) in [4.78, 5) is 40.7. The Hall–Kier alpha value is -3.15. The van der Waals surface area contributed by atoms with Gasteiger partial charge in [-0.2, -0.15) is 0 Å². The SMILES string of the molecule is CC[C@@H](C)NC(=O)[C@@H](NC(=O)c1ccccc1C)C1CCN(C(=O)c2ccccc2)CC1. The fraction of sp³-hybridized carbons (Fsp3) is 0.423. The lowest BCUT2D eigenvalue weighted by molar-refractivity contribution is -0.125. The fourth-order valence-corrected chi connectivity index (χ4v) is 4.08. The molecule has 0 aromatic heterocycles. The Labute approximate surface area is 190 Å². The number of piperidine rings is 1. The maximum atomic E-state index is 13.1. The van der Waals surface area contributed by atoms with E-state index in [1.54, 1.807) is 6.07 Å². The van der Waals surface area contributed by atoms with Gasteiger partial charge in [-0.3, -0.25) is 14.4 Å². The van der Waals surface area contributed by atoms with Gasteiger partial charge in [-0.05, 0) is 62.8 Å². The van der Waals surface area contributed by atoms with E-state index >= 15 is 0 Å². The third-order valence-corrected chi connectivity index (χ3v) is 6.28. The third-order valence-electron chi connectivity index (χ3n) is 6.28. The van der Waals surface area contributed by atoms with Crippen LogP contribution in [-0.4, -0.2) is 47.8 Å². The Bertz CT molecular complexity index is 936. The van der Waals surface area contributed by atoms with Crippen LogP contribution in [-0.2, 0) is 4.79 Å². The summed E-state index contributed by atoms with van der Waals surface area (Å²) in [6, 6.07) is 16.0. The molecule has 2 aromatic rings. The number of nitrogens with zero attached hydrogens (tertiary/aromatic N) is 1. The largest absolute Gasteiger partial charge is 0.352 e. The maximum Gasteiger partial charge on any atom is 0.253 e. The molecule has 2 aromatic carbocycles. The molecule has 6 heteroatoms. The van der Waals surface area contributed by atoms with E-state index in [0.717, 1.165) is 12.0 Å². The number of hydrogen-bond donors (Lipinski definition) is 2. The van der Waals surface area contributed by atoms with Crippen molar-refractivity contribution in [1.29, 1.82) is 0 Å². The Balaban J connectivity index is 1.71. The molecule has 6 nitrogen and oxygen atoms in total. The zero-order valence-electron chi connectivity index (χ0n) is 19.1. The molecule has 1 aliphatic rings. The van der Waals surface area contributed by atoms with Crippen LogP contribution in [0.3, 0.4) is 0 Å². The van der Waals surface area contributed by atoms with Gasteiger partial charge in [-0.1, -0.05) is 43.3 Å². The van der Waals surface area contributed by atoms with Gasteiger partial charge in [0.25, 0.3) is 11.8 Å². The molecule has 1 heterocycles. The van der Waals surface area contributed by atoms with Gasteiger partial charge in [0.2, 0.25) is 5.91 Å². The average molecular weight is 436 g/mol. The van der Waals surface area contributed by atoms with Gasteiger partial charge in [0.05, 0.1) is 0 Å². The van der Waals surface area contributed by atoms with Gasteiger partial charge in [-0.25, -0.2) is 0 Å². The lowest BCUT2D eigenvalue weighted by Crippen LogP contribution is -2.55. The zero-order valence-corrected chi connectivity index (χ0v) is 19.1. The van der Waals surface area contributed by atoms with Gasteiger partial charge in [0.1, 0.15) is 6.04 Å². The summed E-state index contributed by atoms with van der Waals surface area (Å²) < 4.78 is 0. The van der Waals surface area contributed by atoms with Crippen LogP contribution < -0.4 is 10.6 Å². The number of nitrogens with one attached hydrogen (secondary N) is 2. The van der Waals surface area contributed by atoms with Gasteiger partial charge >= 0.3 is 0 Å². The lowest BCUT2D eigenvalue weighted by atomic mass is 9.88. The van der Waals surface area contributed by atoms with Crippen molar-refractivity contribution in [3.8, 4) is 0 Å². The highest BCUT2D eigenvalue weighted by Crippen LogP contribution is 2.23. The minimum Gasteiger partial charge on any atom is -0.352 e. The average Bonchev–Trinajstić information content (AvgIpc) is 2.82. The summed E-state index contributed by atoms with van der Waals surface area (Å²) in [5.74, 6) is -0.426. The highest BCUT2D eigenvalue weighted by molar-refractivity contribution is 5.98. The molecule has 0 radical (unpaired) electrons. The van der Waals surface area contributed by atoms with E-state index in [1.165, 1.54) is 0 Å². The fourth-order valence-electron chi connectivity index (χ4n) is 4.08. The molecule has 170 valence electrons. The van der Waals surface area contributed by atoms with Crippen molar-refractivity contribution in [2.45, 2.75) is 52.1 Å². The van der Waals surface area contributed by atoms with Crippen LogP contribution in [0.5, 0.6) is 0 Å². The maximum absolute atomic E-state index is 13.1. The first-order chi connectivity index (χ1) is 15.4. The Morgan fingerprint density at radius 3 is 2.22 bits per heavy atom. The third kappa shape index (κ3) is 5.75. The number of aryl methyl sites for hydroxylation is 1. The summed E-state index contributed by atoms with van der Waals surface area (Å²) in [6.45, 7) is 6.98. The summed E-state index contributed by atoms with van der Waals surface area (Å²) in [5.41, 5.74) is 2.12. The van der Waals surface area contributed by atoms with Gasteiger partial charge in [-0.15, -0.1) is 0 Å². The van der Waals surface area contributed by atoms with E-state index in [0.29, 0.717) is 37.1 Å². The van der Waals surface area contributed by atoms with Crippen molar-refractivity contribution in [3.63, 3.8) is 0 Å². The highest BCUT2D eigenvalue weighted by atomic mass is 16.2. The second-order valence-corrected chi connectivity index (χ2v) is 8.58. The van der Waals surface area contributed by atoms with E-state index in [1.807, 2.05) is 74.2 Å². The number of benzene rings is 2. The quantitative estimate of drug-likeness (QED) is 0.698. The normalized spacial score (nSPS) is 16.2. The first kappa shape index (κ1) is 23.5. The van der Waals surface area contributed by atoms with Gasteiger partial charge < -0.3 is 15.5 Å². The number of rotatable bonds is 7. The topological polar surface area (TPSA) is 78.5 Å². The van der Waals surface area contributed by atoms with Crippen LogP contribution in [0.25, 0.3) is 0 Å². The summed E-state index contributed by atoms with van der Waals surface area (Å²) in [7, 11) is 0. The molecule has 3 amide bonds. The Morgan fingerprint density at radius 2 is 1.59 bits per heavy atom. The van der Waals surface area contributed by atoms with Crippen LogP contribution in [0.15, 0.2) is 54.6 Å². The standard InChI is InChI=1S/C26H33N3O3/c1-4-19(3)27-25(31)23(28-24(30)22-13-9-8-10-18(22)2)20-14-16-29(17-15-20)26(32)21-11-6-5-7-12-21/h5-13,19-20,23H,4,14-17H2,1-3H3,(H,27,31)(H,28,30)/t19-,23+/m1/s1. The van der Waals surface area contributed by atoms with Crippen LogP contribution in [0.4, 0.5) is 0 Å². The molecular weight excluding hydrogens is 402 g/mol. The molecule has 2 N–H and O–H groups in total. The van der Waals surface area contributed by atoms with Crippen molar-refractivity contribution >= 4 is 17.7 Å². The van der Waals surface area contributed by atoms with Gasteiger partial charge in [0.15, 0.2) is 0 Å². The molecule has 1 saturated heterocycles. The number of carbonyl (C=O) groups is 3. The van der Waals surface area contributed by atoms with E-state index in [-0.39, 0.29) is 29.7 Å². The van der Waals surface area contributed by atoms with E-state index < -0.39 is 6.04 Å². The molecule has 0 bridgehead atoms. The number of carbonyl (C=O) groups excluding carboxylic acids is 3. The van der Waals surface area contributed by atoms with E-state index in [4.69, 9.17) is 0 Å². The van der Waals surface area contributed by atoms with Crippen LogP contribution in [0.2, 0.25) is 0 Å². The smallest absolute Gasteiger partial charge is 0.253 e. The van der Waals surface area contributed by atoms with Crippen molar-refractivity contribution in [2.75, 3.05) is 13.1 Å². The number of amides is 3. The van der Waals surface area contributed by atoms with Crippen LogP contribution in [0.1, 0.15) is 59.4 Å². The molecule has 3 rings (SSSR count). The number of hydrogen-bond acceptors (Lipinski definition) is 3. The van der Waals surface area contributed by atoms with Crippen molar-refractivity contribution in [2.24, 2.45) is 5.92 Å². The summed E-state index contributed by atoms with van der Waals surface area (Å²) in [5, 5.41) is 6.02. The molecule has 32 heavy (non-hydrogen) atoms. The first-order valence-electron chi connectivity index (χ1n) is 11.4. The Kier molecular flexibility index (Phi) is 8.03. The summed E-state index contributed by atoms with van der Waals surface area (Å²) in [6.07, 6.45) is 2.13. The van der Waals surface area contributed by atoms with E-state index in [9.17, 15) is 14.4 Å². The molecule has 0 saturated carbocycles. The molecule has 0 spiro atoms. The first-order valence-corrected chi connectivity index (χ1v) is 11.4. The van der Waals surface area contributed by atoms with Crippen LogP contribution in [0, 0.1) is 12.8 Å². The Morgan fingerprint density at radius 1 is 0.969 bits per heavy atom. The van der Waals surface area contributed by atoms with Crippen molar-refractivity contribution in [3.05, 3.63) is 71.3 Å². The molecule has 0 unspecified atom stereocenters. The van der Waals surface area contributed by atoms with Crippen molar-refractivity contribution < 1.29 is 14.4 Å². The molecule has 1 fully saturated rings. The second-order valence-electron chi connectivity index (χ2n) is 8.58. The lowest BCUT2D eigenvalue weighted by Gasteiger charge is -2.36. The molecule has 0 aliphatic carbocycles. The number of likely N-dealkylation sites (tertiary alicyclic amines) is 1. The van der Waals surface area contributed by atoms with Gasteiger partial charge in [0, 0.05) is 30.3 Å². The molecule has 2 atom stereocenters. The second kappa shape index (κ2) is 10.9. The van der Waals surface area contributed by atoms with E-state index in [2.05, 4.69) is 10.6 Å². The predicted octanol–water partition coefficient (Wildman–Crippen LogP) is 3.56. The summed E-state index contributed by atoms with van der Waals surface area (Å²) >= 11 is 0. The zero-order chi connectivity index (χ0) is 23.1. The predicted molar refractivity (Wildman–Crippen MR) is 125 cm³/mol. The highest BCUT2D eigenvalue weighted by Gasteiger charge is 2.34. The molecular formula is C26H33N3O3. The van der Waals surface area contributed by atoms with Crippen LogP contribution >= 0.6 is 0 Å².